The quantitative estimate of drug-likeness (QED) is 0.737. The highest BCUT2D eigenvalue weighted by Crippen LogP contribution is 2.34. The van der Waals surface area contributed by atoms with E-state index in [0.717, 1.165) is 5.56 Å². The van der Waals surface area contributed by atoms with Gasteiger partial charge in [-0.05, 0) is 42.0 Å². The van der Waals surface area contributed by atoms with Crippen LogP contribution in [-0.2, 0) is 0 Å². The molecule has 2 aromatic carbocycles. The number of hydrogen-bond donors (Lipinski definition) is 2. The van der Waals surface area contributed by atoms with Gasteiger partial charge in [0.05, 0.1) is 28.9 Å². The third kappa shape index (κ3) is 3.12. The minimum atomic E-state index is -0.670. The molecule has 0 radical (unpaired) electrons. The molecule has 0 saturated heterocycles. The molecule has 2 aliphatic rings. The molecule has 4 amide bonds. The van der Waals surface area contributed by atoms with Gasteiger partial charge in [0, 0.05) is 5.92 Å². The van der Waals surface area contributed by atoms with Gasteiger partial charge in [-0.2, -0.15) is 0 Å². The summed E-state index contributed by atoms with van der Waals surface area (Å²) in [7, 11) is 0. The van der Waals surface area contributed by atoms with E-state index < -0.39 is 36.2 Å². The molecule has 0 spiro atoms. The normalized spacial score (nSPS) is 16.9. The van der Waals surface area contributed by atoms with Crippen LogP contribution < -0.4 is 10.6 Å². The topological polar surface area (TPSA) is 92.3 Å². The second-order valence-corrected chi connectivity index (χ2v) is 7.44. The lowest BCUT2D eigenvalue weighted by Crippen LogP contribution is -2.21. The monoisotopic (exact) mass is 394 g/mol. The minimum absolute atomic E-state index is 0.0946. The molecule has 2 heterocycles. The van der Waals surface area contributed by atoms with E-state index in [2.05, 4.69) is 10.6 Å². The number of imide groups is 2. The molecular weight excluding hydrogens is 375 g/mol. The van der Waals surface area contributed by atoms with Gasteiger partial charge < -0.3 is 0 Å². The fourth-order valence-electron chi connectivity index (χ4n) is 4.16. The number of hydrogen-bond acceptors (Lipinski definition) is 4. The number of carbonyl (C=O) groups is 4. The van der Waals surface area contributed by atoms with Crippen molar-refractivity contribution in [3.05, 3.63) is 69.8 Å². The zero-order chi connectivity index (χ0) is 20.7. The molecule has 2 N–H and O–H groups in total. The number of fused-ring (bicyclic) bond motifs is 2. The molecule has 2 unspecified atom stereocenters. The Hall–Kier alpha value is -3.35. The summed E-state index contributed by atoms with van der Waals surface area (Å²) in [6, 6.07) is 10.0. The van der Waals surface area contributed by atoms with Crippen molar-refractivity contribution in [1.29, 1.82) is 0 Å². The van der Waals surface area contributed by atoms with Crippen LogP contribution in [0.4, 0.5) is 4.39 Å². The molecule has 6 nitrogen and oxygen atoms in total. The molecule has 0 bridgehead atoms. The van der Waals surface area contributed by atoms with E-state index >= 15 is 0 Å². The summed E-state index contributed by atoms with van der Waals surface area (Å²) >= 11 is 0. The second kappa shape index (κ2) is 7.24. The number of amides is 4. The van der Waals surface area contributed by atoms with E-state index in [1.807, 2.05) is 6.92 Å². The number of rotatable bonds is 6. The first kappa shape index (κ1) is 19.0. The van der Waals surface area contributed by atoms with Crippen LogP contribution in [0.1, 0.15) is 84.2 Å². The molecule has 29 heavy (non-hydrogen) atoms. The summed E-state index contributed by atoms with van der Waals surface area (Å²) in [5, 5.41) is 4.56. The van der Waals surface area contributed by atoms with Crippen LogP contribution in [0.3, 0.4) is 0 Å². The van der Waals surface area contributed by atoms with Crippen LogP contribution in [0.25, 0.3) is 0 Å². The van der Waals surface area contributed by atoms with Crippen LogP contribution in [-0.4, -0.2) is 30.3 Å². The van der Waals surface area contributed by atoms with Gasteiger partial charge in [0.2, 0.25) is 0 Å². The van der Waals surface area contributed by atoms with E-state index in [0.29, 0.717) is 29.5 Å². The fourth-order valence-corrected chi connectivity index (χ4v) is 4.16. The molecule has 2 aromatic rings. The van der Waals surface area contributed by atoms with Gasteiger partial charge in [0.15, 0.2) is 0 Å². The standard InChI is InChI=1S/C22H19FN2O4/c1-11(13-4-2-6-15-17(13)21(28)24-19(15)26)8-9-12(10-23)14-5-3-7-16-18(14)22(29)25-20(16)27/h2-7,11-12H,8-10H2,1H3,(H,24,26,28)(H,25,27,29). The number of alkyl halides is 1. The van der Waals surface area contributed by atoms with E-state index in [9.17, 15) is 23.6 Å². The summed E-state index contributed by atoms with van der Waals surface area (Å²) in [6.45, 7) is 1.25. The summed E-state index contributed by atoms with van der Waals surface area (Å²) in [4.78, 5) is 48.0. The van der Waals surface area contributed by atoms with Crippen molar-refractivity contribution in [2.45, 2.75) is 31.6 Å². The molecular formula is C22H19FN2O4. The van der Waals surface area contributed by atoms with Crippen LogP contribution in [0.15, 0.2) is 36.4 Å². The molecule has 148 valence electrons. The van der Waals surface area contributed by atoms with Crippen molar-refractivity contribution < 1.29 is 23.6 Å². The first-order chi connectivity index (χ1) is 13.9. The first-order valence-electron chi connectivity index (χ1n) is 9.45. The van der Waals surface area contributed by atoms with Gasteiger partial charge in [-0.1, -0.05) is 31.2 Å². The summed E-state index contributed by atoms with van der Waals surface area (Å²) < 4.78 is 13.9. The fraction of sp³-hybridized carbons (Fsp3) is 0.273. The van der Waals surface area contributed by atoms with Gasteiger partial charge in [0.25, 0.3) is 23.6 Å². The molecule has 4 rings (SSSR count). The maximum absolute atomic E-state index is 13.9. The molecule has 0 aromatic heterocycles. The van der Waals surface area contributed by atoms with Gasteiger partial charge >= 0.3 is 0 Å². The largest absolute Gasteiger partial charge is 0.288 e. The van der Waals surface area contributed by atoms with Crippen molar-refractivity contribution >= 4 is 23.6 Å². The predicted molar refractivity (Wildman–Crippen MR) is 103 cm³/mol. The average Bonchev–Trinajstić information content (AvgIpc) is 3.18. The summed E-state index contributed by atoms with van der Waals surface area (Å²) in [5.41, 5.74) is 2.53. The van der Waals surface area contributed by atoms with Crippen LogP contribution in [0.2, 0.25) is 0 Å². The van der Waals surface area contributed by atoms with Crippen LogP contribution in [0, 0.1) is 0 Å². The molecule has 2 aliphatic heterocycles. The molecule has 0 fully saturated rings. The maximum Gasteiger partial charge on any atom is 0.259 e. The Morgan fingerprint density at radius 1 is 0.759 bits per heavy atom. The Labute approximate surface area is 166 Å². The Morgan fingerprint density at radius 2 is 1.28 bits per heavy atom. The maximum atomic E-state index is 13.9. The lowest BCUT2D eigenvalue weighted by atomic mass is 9.84. The molecule has 0 aliphatic carbocycles. The summed E-state index contributed by atoms with van der Waals surface area (Å²) in [6.07, 6.45) is 0.973. The van der Waals surface area contributed by atoms with Gasteiger partial charge in [0.1, 0.15) is 0 Å². The van der Waals surface area contributed by atoms with Crippen molar-refractivity contribution in [3.63, 3.8) is 0 Å². The lowest BCUT2D eigenvalue weighted by molar-refractivity contribution is 0.0862. The van der Waals surface area contributed by atoms with E-state index in [4.69, 9.17) is 0 Å². The van der Waals surface area contributed by atoms with Gasteiger partial charge in [-0.25, -0.2) is 0 Å². The smallest absolute Gasteiger partial charge is 0.259 e. The van der Waals surface area contributed by atoms with Crippen molar-refractivity contribution in [2.24, 2.45) is 0 Å². The highest BCUT2D eigenvalue weighted by atomic mass is 19.1. The number of nitrogens with one attached hydrogen (secondary N) is 2. The van der Waals surface area contributed by atoms with Gasteiger partial charge in [-0.15, -0.1) is 0 Å². The van der Waals surface area contributed by atoms with E-state index in [1.54, 1.807) is 36.4 Å². The lowest BCUT2D eigenvalue weighted by Gasteiger charge is -2.20. The predicted octanol–water partition coefficient (Wildman–Crippen LogP) is 3.09. The number of benzene rings is 2. The number of carbonyl (C=O) groups excluding carboxylic acids is 4. The Morgan fingerprint density at radius 3 is 1.83 bits per heavy atom. The molecule has 0 saturated carbocycles. The summed E-state index contributed by atoms with van der Waals surface area (Å²) in [5.74, 6) is -2.42. The molecule has 2 atom stereocenters. The number of halogens is 1. The van der Waals surface area contributed by atoms with Crippen molar-refractivity contribution in [2.75, 3.05) is 6.67 Å². The van der Waals surface area contributed by atoms with E-state index in [-0.39, 0.29) is 17.0 Å². The third-order valence-electron chi connectivity index (χ3n) is 5.70. The Bertz CT molecular complexity index is 1060. The first-order valence-corrected chi connectivity index (χ1v) is 9.45. The van der Waals surface area contributed by atoms with Crippen molar-refractivity contribution in [1.82, 2.24) is 10.6 Å². The van der Waals surface area contributed by atoms with Crippen LogP contribution >= 0.6 is 0 Å². The Kier molecular flexibility index (Phi) is 4.74. The zero-order valence-electron chi connectivity index (χ0n) is 15.8. The SMILES string of the molecule is CC(CCC(CF)c1cccc2c1C(=O)NC2=O)c1cccc2c1C(=O)NC2=O. The highest BCUT2D eigenvalue weighted by Gasteiger charge is 2.33. The Balaban J connectivity index is 1.57. The minimum Gasteiger partial charge on any atom is -0.288 e. The molecule has 7 heteroatoms. The van der Waals surface area contributed by atoms with Crippen molar-refractivity contribution in [3.8, 4) is 0 Å². The average molecular weight is 394 g/mol. The van der Waals surface area contributed by atoms with E-state index in [1.165, 1.54) is 0 Å². The van der Waals surface area contributed by atoms with Crippen LogP contribution in [0.5, 0.6) is 0 Å². The third-order valence-corrected chi connectivity index (χ3v) is 5.70. The van der Waals surface area contributed by atoms with Gasteiger partial charge in [-0.3, -0.25) is 34.2 Å². The highest BCUT2D eigenvalue weighted by molar-refractivity contribution is 6.22. The second-order valence-electron chi connectivity index (χ2n) is 7.44. The zero-order valence-corrected chi connectivity index (χ0v) is 15.8.